The van der Waals surface area contributed by atoms with Crippen LogP contribution < -0.4 is 9.80 Å². The van der Waals surface area contributed by atoms with Gasteiger partial charge in [-0.3, -0.25) is 9.78 Å². The van der Waals surface area contributed by atoms with Gasteiger partial charge in [0, 0.05) is 36.5 Å². The molecule has 21 heavy (non-hydrogen) atoms. The summed E-state index contributed by atoms with van der Waals surface area (Å²) in [6, 6.07) is 9.86. The van der Waals surface area contributed by atoms with Crippen molar-refractivity contribution in [2.75, 3.05) is 29.4 Å². The minimum Gasteiger partial charge on any atom is -0.368 e. The van der Waals surface area contributed by atoms with E-state index in [1.165, 1.54) is 0 Å². The second kappa shape index (κ2) is 5.85. The van der Waals surface area contributed by atoms with Gasteiger partial charge in [-0.25, -0.2) is 0 Å². The molecule has 108 valence electrons. The highest BCUT2D eigenvalue weighted by Crippen LogP contribution is 2.33. The Bertz CT molecular complexity index is 674. The molecule has 0 saturated heterocycles. The topological polar surface area (TPSA) is 36.4 Å². The number of hydrogen-bond donors (Lipinski definition) is 0. The molecular weight excluding hydrogens is 330 g/mol. The number of amides is 1. The van der Waals surface area contributed by atoms with Crippen molar-refractivity contribution in [3.05, 3.63) is 52.8 Å². The third kappa shape index (κ3) is 2.65. The summed E-state index contributed by atoms with van der Waals surface area (Å²) in [5.74, 6) is -0.00740. The molecule has 0 fully saturated rings. The molecule has 1 amide bonds. The van der Waals surface area contributed by atoms with E-state index in [4.69, 9.17) is 0 Å². The number of nitrogens with zero attached hydrogens (tertiary/aromatic N) is 3. The Hall–Kier alpha value is -1.88. The minimum absolute atomic E-state index is 0.00740. The van der Waals surface area contributed by atoms with Gasteiger partial charge in [0.05, 0.1) is 16.9 Å². The lowest BCUT2D eigenvalue weighted by Crippen LogP contribution is -2.44. The normalized spacial score (nSPS) is 14.0. The molecule has 0 spiro atoms. The summed E-state index contributed by atoms with van der Waals surface area (Å²) < 4.78 is 0.814. The first-order valence-electron chi connectivity index (χ1n) is 6.97. The highest BCUT2D eigenvalue weighted by molar-refractivity contribution is 9.10. The Morgan fingerprint density at radius 3 is 2.71 bits per heavy atom. The van der Waals surface area contributed by atoms with Crippen LogP contribution >= 0.6 is 15.9 Å². The van der Waals surface area contributed by atoms with Crippen LogP contribution in [-0.2, 0) is 0 Å². The average Bonchev–Trinajstić information content (AvgIpc) is 2.53. The molecule has 2 heterocycles. The summed E-state index contributed by atoms with van der Waals surface area (Å²) in [6.07, 6.45) is 3.29. The standard InChI is InChI=1S/C16H16BrN3O/c1-2-19-7-8-20(15-6-4-3-5-14(15)19)16(21)12-9-13(17)11-18-10-12/h3-6,9-11H,2,7-8H2,1H3. The molecule has 0 bridgehead atoms. The Kier molecular flexibility index (Phi) is 3.92. The molecule has 1 aliphatic heterocycles. The Balaban J connectivity index is 1.98. The zero-order valence-electron chi connectivity index (χ0n) is 11.8. The van der Waals surface area contributed by atoms with Gasteiger partial charge >= 0.3 is 0 Å². The van der Waals surface area contributed by atoms with Crippen molar-refractivity contribution < 1.29 is 4.79 Å². The van der Waals surface area contributed by atoms with E-state index in [0.29, 0.717) is 12.1 Å². The van der Waals surface area contributed by atoms with E-state index in [1.54, 1.807) is 12.4 Å². The van der Waals surface area contributed by atoms with Crippen LogP contribution in [0, 0.1) is 0 Å². The zero-order valence-corrected chi connectivity index (χ0v) is 13.4. The van der Waals surface area contributed by atoms with E-state index in [2.05, 4.69) is 38.8 Å². The molecule has 0 unspecified atom stereocenters. The first kappa shape index (κ1) is 14.1. The average molecular weight is 346 g/mol. The predicted molar refractivity (Wildman–Crippen MR) is 87.9 cm³/mol. The molecule has 1 aliphatic rings. The number of halogens is 1. The largest absolute Gasteiger partial charge is 0.368 e. The van der Waals surface area contributed by atoms with Crippen molar-refractivity contribution in [2.24, 2.45) is 0 Å². The van der Waals surface area contributed by atoms with E-state index in [9.17, 15) is 4.79 Å². The Morgan fingerprint density at radius 2 is 2.00 bits per heavy atom. The quantitative estimate of drug-likeness (QED) is 0.837. The molecule has 4 nitrogen and oxygen atoms in total. The molecule has 1 aromatic heterocycles. The lowest BCUT2D eigenvalue weighted by atomic mass is 10.1. The predicted octanol–water partition coefficient (Wildman–Crippen LogP) is 3.33. The third-order valence-corrected chi connectivity index (χ3v) is 4.12. The number of likely N-dealkylation sites (N-methyl/N-ethyl adjacent to an activating group) is 1. The first-order valence-corrected chi connectivity index (χ1v) is 7.76. The zero-order chi connectivity index (χ0) is 14.8. The molecule has 0 radical (unpaired) electrons. The van der Waals surface area contributed by atoms with E-state index < -0.39 is 0 Å². The van der Waals surface area contributed by atoms with Gasteiger partial charge < -0.3 is 9.80 Å². The van der Waals surface area contributed by atoms with Crippen LogP contribution in [0.5, 0.6) is 0 Å². The van der Waals surface area contributed by atoms with Crippen molar-refractivity contribution in [2.45, 2.75) is 6.92 Å². The smallest absolute Gasteiger partial charge is 0.260 e. The fourth-order valence-corrected chi connectivity index (χ4v) is 3.01. The van der Waals surface area contributed by atoms with Crippen LogP contribution in [-0.4, -0.2) is 30.5 Å². The van der Waals surface area contributed by atoms with Gasteiger partial charge in [-0.1, -0.05) is 12.1 Å². The maximum Gasteiger partial charge on any atom is 0.260 e. The maximum atomic E-state index is 12.8. The van der Waals surface area contributed by atoms with Gasteiger partial charge in [0.1, 0.15) is 0 Å². The van der Waals surface area contributed by atoms with Crippen LogP contribution in [0.25, 0.3) is 0 Å². The number of benzene rings is 1. The number of carbonyl (C=O) groups excluding carboxylic acids is 1. The molecule has 0 aliphatic carbocycles. The van der Waals surface area contributed by atoms with Crippen LogP contribution in [0.3, 0.4) is 0 Å². The number of hydrogen-bond acceptors (Lipinski definition) is 3. The highest BCUT2D eigenvalue weighted by Gasteiger charge is 2.26. The summed E-state index contributed by atoms with van der Waals surface area (Å²) in [7, 11) is 0. The SMILES string of the molecule is CCN1CCN(C(=O)c2cncc(Br)c2)c2ccccc21. The van der Waals surface area contributed by atoms with Gasteiger partial charge in [-0.05, 0) is 41.1 Å². The van der Waals surface area contributed by atoms with Gasteiger partial charge in [0.25, 0.3) is 5.91 Å². The monoisotopic (exact) mass is 345 g/mol. The van der Waals surface area contributed by atoms with Crippen molar-refractivity contribution in [3.63, 3.8) is 0 Å². The number of carbonyl (C=O) groups is 1. The van der Waals surface area contributed by atoms with Crippen molar-refractivity contribution in [3.8, 4) is 0 Å². The van der Waals surface area contributed by atoms with Gasteiger partial charge in [-0.2, -0.15) is 0 Å². The van der Waals surface area contributed by atoms with Gasteiger partial charge in [0.2, 0.25) is 0 Å². The maximum absolute atomic E-state index is 12.8. The second-order valence-electron chi connectivity index (χ2n) is 4.92. The summed E-state index contributed by atoms with van der Waals surface area (Å²) in [4.78, 5) is 21.0. The summed E-state index contributed by atoms with van der Waals surface area (Å²) >= 11 is 3.37. The Morgan fingerprint density at radius 1 is 1.24 bits per heavy atom. The molecule has 0 N–H and O–H groups in total. The number of aromatic nitrogens is 1. The van der Waals surface area contributed by atoms with E-state index in [0.717, 1.165) is 28.9 Å². The summed E-state index contributed by atoms with van der Waals surface area (Å²) in [5.41, 5.74) is 2.68. The van der Waals surface area contributed by atoms with Crippen LogP contribution in [0.4, 0.5) is 11.4 Å². The number of anilines is 2. The second-order valence-corrected chi connectivity index (χ2v) is 5.83. The number of fused-ring (bicyclic) bond motifs is 1. The molecule has 0 saturated carbocycles. The van der Waals surface area contributed by atoms with Crippen LogP contribution in [0.15, 0.2) is 47.2 Å². The molecular formula is C16H16BrN3O. The number of rotatable bonds is 2. The van der Waals surface area contributed by atoms with Gasteiger partial charge in [-0.15, -0.1) is 0 Å². The first-order chi connectivity index (χ1) is 10.2. The Labute approximate surface area is 132 Å². The van der Waals surface area contributed by atoms with E-state index in [-0.39, 0.29) is 5.91 Å². The highest BCUT2D eigenvalue weighted by atomic mass is 79.9. The molecule has 5 heteroatoms. The summed E-state index contributed by atoms with van der Waals surface area (Å²) in [5, 5.41) is 0. The molecule has 1 aromatic carbocycles. The summed E-state index contributed by atoms with van der Waals surface area (Å²) in [6.45, 7) is 4.61. The minimum atomic E-state index is -0.00740. The van der Waals surface area contributed by atoms with Crippen LogP contribution in [0.1, 0.15) is 17.3 Å². The fourth-order valence-electron chi connectivity index (χ4n) is 2.65. The fraction of sp³-hybridized carbons (Fsp3) is 0.250. The number of para-hydroxylation sites is 2. The third-order valence-electron chi connectivity index (χ3n) is 3.69. The lowest BCUT2D eigenvalue weighted by Gasteiger charge is -2.37. The lowest BCUT2D eigenvalue weighted by molar-refractivity contribution is 0.0986. The van der Waals surface area contributed by atoms with Crippen LogP contribution in [0.2, 0.25) is 0 Å². The van der Waals surface area contributed by atoms with E-state index >= 15 is 0 Å². The molecule has 3 rings (SSSR count). The van der Waals surface area contributed by atoms with E-state index in [1.807, 2.05) is 29.2 Å². The van der Waals surface area contributed by atoms with Crippen molar-refractivity contribution in [1.29, 1.82) is 0 Å². The van der Waals surface area contributed by atoms with Crippen molar-refractivity contribution >= 4 is 33.2 Å². The molecule has 0 atom stereocenters. The molecule has 2 aromatic rings. The van der Waals surface area contributed by atoms with Gasteiger partial charge in [0.15, 0.2) is 0 Å². The van der Waals surface area contributed by atoms with Crippen molar-refractivity contribution in [1.82, 2.24) is 4.98 Å². The number of pyridine rings is 1.